The number of halogens is 2. The third kappa shape index (κ3) is 4.31. The minimum absolute atomic E-state index is 0.252. The SMILES string of the molecule is CCCn1c(SC(C)C(=O)Nc2cccc(Cl)c2Cl)n[nH]c1=O. The van der Waals surface area contributed by atoms with Crippen LogP contribution < -0.4 is 11.0 Å². The molecule has 1 amide bonds. The summed E-state index contributed by atoms with van der Waals surface area (Å²) in [6, 6.07) is 5.02. The zero-order valence-electron chi connectivity index (χ0n) is 12.6. The lowest BCUT2D eigenvalue weighted by Gasteiger charge is -2.13. The van der Waals surface area contributed by atoms with Gasteiger partial charge in [0.15, 0.2) is 5.16 Å². The van der Waals surface area contributed by atoms with E-state index in [1.807, 2.05) is 6.92 Å². The number of aromatic amines is 1. The van der Waals surface area contributed by atoms with Gasteiger partial charge in [0, 0.05) is 6.54 Å². The Morgan fingerprint density at radius 2 is 2.22 bits per heavy atom. The van der Waals surface area contributed by atoms with Gasteiger partial charge in [-0.2, -0.15) is 0 Å². The van der Waals surface area contributed by atoms with Gasteiger partial charge in [0.1, 0.15) is 0 Å². The Morgan fingerprint density at radius 1 is 1.48 bits per heavy atom. The summed E-state index contributed by atoms with van der Waals surface area (Å²) in [5.41, 5.74) is 0.171. The summed E-state index contributed by atoms with van der Waals surface area (Å²) in [7, 11) is 0. The van der Waals surface area contributed by atoms with Gasteiger partial charge in [0.05, 0.1) is 21.0 Å². The molecule has 0 fully saturated rings. The average molecular weight is 375 g/mol. The Bertz CT molecular complexity index is 759. The Balaban J connectivity index is 2.09. The van der Waals surface area contributed by atoms with Gasteiger partial charge in [-0.3, -0.25) is 9.36 Å². The van der Waals surface area contributed by atoms with Crippen molar-refractivity contribution in [1.29, 1.82) is 0 Å². The Morgan fingerprint density at radius 3 is 2.91 bits per heavy atom. The minimum Gasteiger partial charge on any atom is -0.324 e. The van der Waals surface area contributed by atoms with Gasteiger partial charge in [-0.15, -0.1) is 5.10 Å². The molecule has 0 radical (unpaired) electrons. The number of H-pyrrole nitrogens is 1. The molecule has 1 aromatic carbocycles. The van der Waals surface area contributed by atoms with Crippen LogP contribution in [0.5, 0.6) is 0 Å². The van der Waals surface area contributed by atoms with E-state index in [4.69, 9.17) is 23.2 Å². The summed E-state index contributed by atoms with van der Waals surface area (Å²) in [6.07, 6.45) is 0.797. The molecule has 0 aliphatic carbocycles. The van der Waals surface area contributed by atoms with Crippen molar-refractivity contribution in [2.24, 2.45) is 0 Å². The molecular weight excluding hydrogens is 359 g/mol. The highest BCUT2D eigenvalue weighted by Gasteiger charge is 2.20. The van der Waals surface area contributed by atoms with Crippen LogP contribution in [0.2, 0.25) is 10.0 Å². The number of nitrogens with zero attached hydrogens (tertiary/aromatic N) is 2. The number of carbonyl (C=O) groups is 1. The molecule has 2 aromatic rings. The molecule has 0 spiro atoms. The summed E-state index contributed by atoms with van der Waals surface area (Å²) in [4.78, 5) is 24.0. The van der Waals surface area contributed by atoms with Gasteiger partial charge >= 0.3 is 5.69 Å². The van der Waals surface area contributed by atoms with Crippen molar-refractivity contribution in [3.05, 3.63) is 38.7 Å². The molecule has 0 aliphatic rings. The van der Waals surface area contributed by atoms with E-state index in [0.717, 1.165) is 6.42 Å². The number of aromatic nitrogens is 3. The highest BCUT2D eigenvalue weighted by Crippen LogP contribution is 2.30. The smallest absolute Gasteiger partial charge is 0.324 e. The fourth-order valence-electron chi connectivity index (χ4n) is 1.86. The first-order valence-electron chi connectivity index (χ1n) is 7.00. The van der Waals surface area contributed by atoms with E-state index in [9.17, 15) is 9.59 Å². The van der Waals surface area contributed by atoms with Crippen molar-refractivity contribution in [3.8, 4) is 0 Å². The number of thioether (sulfide) groups is 1. The van der Waals surface area contributed by atoms with Gasteiger partial charge < -0.3 is 5.32 Å². The number of nitrogens with one attached hydrogen (secondary N) is 2. The van der Waals surface area contributed by atoms with E-state index < -0.39 is 5.25 Å². The summed E-state index contributed by atoms with van der Waals surface area (Å²) >= 11 is 13.2. The molecule has 0 saturated heterocycles. The van der Waals surface area contributed by atoms with Crippen molar-refractivity contribution >= 4 is 46.6 Å². The Hall–Kier alpha value is -1.44. The first-order chi connectivity index (χ1) is 10.9. The standard InChI is InChI=1S/C14H16Cl2N4O2S/c1-3-7-20-13(22)18-19-14(20)23-8(2)12(21)17-10-6-4-5-9(15)11(10)16/h4-6,8H,3,7H2,1-2H3,(H,17,21)(H,18,22). The topological polar surface area (TPSA) is 79.8 Å². The normalized spacial score (nSPS) is 12.2. The predicted octanol–water partition coefficient (Wildman–Crippen LogP) is 3.41. The van der Waals surface area contributed by atoms with Crippen LogP contribution in [0.4, 0.5) is 5.69 Å². The lowest BCUT2D eigenvalue weighted by atomic mass is 10.3. The van der Waals surface area contributed by atoms with Crippen LogP contribution in [-0.4, -0.2) is 25.9 Å². The van der Waals surface area contributed by atoms with Crippen LogP contribution >= 0.6 is 35.0 Å². The van der Waals surface area contributed by atoms with Crippen LogP contribution in [0.3, 0.4) is 0 Å². The third-order valence-electron chi connectivity index (χ3n) is 3.03. The molecule has 0 aliphatic heterocycles. The molecular formula is C14H16Cl2N4O2S. The van der Waals surface area contributed by atoms with Crippen molar-refractivity contribution < 1.29 is 4.79 Å². The molecule has 2 N–H and O–H groups in total. The fourth-order valence-corrected chi connectivity index (χ4v) is 3.09. The number of amides is 1. The van der Waals surface area contributed by atoms with E-state index in [0.29, 0.717) is 27.4 Å². The van der Waals surface area contributed by atoms with E-state index in [2.05, 4.69) is 15.5 Å². The second-order valence-electron chi connectivity index (χ2n) is 4.81. The number of rotatable bonds is 6. The molecule has 6 nitrogen and oxygen atoms in total. The molecule has 23 heavy (non-hydrogen) atoms. The predicted molar refractivity (Wildman–Crippen MR) is 93.5 cm³/mol. The minimum atomic E-state index is -0.462. The highest BCUT2D eigenvalue weighted by atomic mass is 35.5. The van der Waals surface area contributed by atoms with Gasteiger partial charge in [-0.25, -0.2) is 9.89 Å². The van der Waals surface area contributed by atoms with Crippen molar-refractivity contribution in [1.82, 2.24) is 14.8 Å². The van der Waals surface area contributed by atoms with Gasteiger partial charge in [-0.1, -0.05) is 48.0 Å². The van der Waals surface area contributed by atoms with E-state index in [-0.39, 0.29) is 11.6 Å². The van der Waals surface area contributed by atoms with Crippen molar-refractivity contribution in [3.63, 3.8) is 0 Å². The van der Waals surface area contributed by atoms with Crippen molar-refractivity contribution in [2.75, 3.05) is 5.32 Å². The van der Waals surface area contributed by atoms with Crippen LogP contribution in [0.1, 0.15) is 20.3 Å². The monoisotopic (exact) mass is 374 g/mol. The van der Waals surface area contributed by atoms with E-state index in [1.54, 1.807) is 25.1 Å². The molecule has 2 rings (SSSR count). The lowest BCUT2D eigenvalue weighted by Crippen LogP contribution is -2.24. The quantitative estimate of drug-likeness (QED) is 0.759. The lowest BCUT2D eigenvalue weighted by molar-refractivity contribution is -0.115. The largest absolute Gasteiger partial charge is 0.343 e. The van der Waals surface area contributed by atoms with Crippen LogP contribution in [0, 0.1) is 0 Å². The average Bonchev–Trinajstić information content (AvgIpc) is 2.85. The molecule has 1 atom stereocenters. The van der Waals surface area contributed by atoms with E-state index in [1.165, 1.54) is 16.3 Å². The molecule has 1 heterocycles. The first-order valence-corrected chi connectivity index (χ1v) is 8.64. The van der Waals surface area contributed by atoms with Gasteiger partial charge in [0.25, 0.3) is 0 Å². The second kappa shape index (κ2) is 7.90. The maximum absolute atomic E-state index is 12.3. The number of carbonyl (C=O) groups excluding carboxylic acids is 1. The molecule has 124 valence electrons. The zero-order valence-corrected chi connectivity index (χ0v) is 14.9. The maximum Gasteiger partial charge on any atom is 0.343 e. The van der Waals surface area contributed by atoms with E-state index >= 15 is 0 Å². The first kappa shape index (κ1) is 17.9. The summed E-state index contributed by atoms with van der Waals surface area (Å²) in [6.45, 7) is 4.24. The van der Waals surface area contributed by atoms with Gasteiger partial charge in [0.2, 0.25) is 5.91 Å². The van der Waals surface area contributed by atoms with Crippen LogP contribution in [0.25, 0.3) is 0 Å². The zero-order chi connectivity index (χ0) is 17.0. The Labute approximate surface area is 147 Å². The second-order valence-corrected chi connectivity index (χ2v) is 6.91. The number of anilines is 1. The van der Waals surface area contributed by atoms with Crippen LogP contribution in [-0.2, 0) is 11.3 Å². The molecule has 0 saturated carbocycles. The molecule has 1 unspecified atom stereocenters. The highest BCUT2D eigenvalue weighted by molar-refractivity contribution is 8.00. The molecule has 0 bridgehead atoms. The molecule has 9 heteroatoms. The third-order valence-corrected chi connectivity index (χ3v) is 4.94. The summed E-state index contributed by atoms with van der Waals surface area (Å²) in [5.74, 6) is -0.252. The summed E-state index contributed by atoms with van der Waals surface area (Å²) < 4.78 is 1.51. The Kier molecular flexibility index (Phi) is 6.15. The fraction of sp³-hybridized carbons (Fsp3) is 0.357. The van der Waals surface area contributed by atoms with Gasteiger partial charge in [-0.05, 0) is 25.5 Å². The molecule has 1 aromatic heterocycles. The maximum atomic E-state index is 12.3. The van der Waals surface area contributed by atoms with Crippen LogP contribution in [0.15, 0.2) is 28.2 Å². The number of hydrogen-bond acceptors (Lipinski definition) is 4. The van der Waals surface area contributed by atoms with Crippen molar-refractivity contribution in [2.45, 2.75) is 37.2 Å². The number of hydrogen-bond donors (Lipinski definition) is 2. The summed E-state index contributed by atoms with van der Waals surface area (Å²) in [5, 5.41) is 9.77. The number of benzene rings is 1.